The maximum absolute atomic E-state index is 4.56. The van der Waals surface area contributed by atoms with Crippen LogP contribution in [0.1, 0.15) is 37.0 Å². The van der Waals surface area contributed by atoms with E-state index in [0.29, 0.717) is 0 Å². The summed E-state index contributed by atoms with van der Waals surface area (Å²) in [5, 5.41) is 12.6. The van der Waals surface area contributed by atoms with Crippen LogP contribution in [0.5, 0.6) is 0 Å². The Morgan fingerprint density at radius 2 is 2.09 bits per heavy atom. The predicted molar refractivity (Wildman–Crippen MR) is 94.0 cm³/mol. The fourth-order valence-corrected chi connectivity index (χ4v) is 4.40. The Hall–Kier alpha value is -2.23. The number of aromatic nitrogens is 3. The largest absolute Gasteiger partial charge is 0.384 e. The fraction of sp³-hybridized carbons (Fsp3) is 0.421. The highest BCUT2D eigenvalue weighted by molar-refractivity contribution is 5.95. The summed E-state index contributed by atoms with van der Waals surface area (Å²) in [4.78, 5) is 0. The lowest BCUT2D eigenvalue weighted by Gasteiger charge is -2.17. The lowest BCUT2D eigenvalue weighted by molar-refractivity contribution is 0.586. The van der Waals surface area contributed by atoms with E-state index in [-0.39, 0.29) is 5.41 Å². The molecule has 0 saturated carbocycles. The molecule has 1 aliphatic carbocycles. The minimum atomic E-state index is 0.197. The van der Waals surface area contributed by atoms with E-state index >= 15 is 0 Å². The Labute approximate surface area is 135 Å². The van der Waals surface area contributed by atoms with Crippen LogP contribution in [0, 0.1) is 0 Å². The Bertz CT molecular complexity index is 942. The molecule has 0 saturated heterocycles. The number of aryl methyl sites for hydroxylation is 3. The van der Waals surface area contributed by atoms with Gasteiger partial charge in [-0.3, -0.25) is 5.10 Å². The molecular formula is C19H22N4. The molecule has 23 heavy (non-hydrogen) atoms. The summed E-state index contributed by atoms with van der Waals surface area (Å²) >= 11 is 0. The molecule has 1 aliphatic heterocycles. The zero-order valence-corrected chi connectivity index (χ0v) is 14.0. The Balaban J connectivity index is 1.87. The van der Waals surface area contributed by atoms with Gasteiger partial charge in [0.2, 0.25) is 0 Å². The predicted octanol–water partition coefficient (Wildman–Crippen LogP) is 3.76. The van der Waals surface area contributed by atoms with Crippen molar-refractivity contribution < 1.29 is 0 Å². The average molecular weight is 306 g/mol. The number of rotatable bonds is 0. The lowest BCUT2D eigenvalue weighted by Crippen LogP contribution is -2.18. The second kappa shape index (κ2) is 4.19. The van der Waals surface area contributed by atoms with E-state index in [0.717, 1.165) is 25.1 Å². The summed E-state index contributed by atoms with van der Waals surface area (Å²) in [6.45, 7) is 5.65. The summed E-state index contributed by atoms with van der Waals surface area (Å²) in [6, 6.07) is 4.77. The van der Waals surface area contributed by atoms with Crippen molar-refractivity contribution >= 4 is 16.6 Å². The van der Waals surface area contributed by atoms with E-state index in [1.807, 2.05) is 0 Å². The highest BCUT2D eigenvalue weighted by Crippen LogP contribution is 2.43. The zero-order chi connectivity index (χ0) is 15.8. The van der Waals surface area contributed by atoms with Gasteiger partial charge < -0.3 is 9.88 Å². The van der Waals surface area contributed by atoms with Gasteiger partial charge in [-0.1, -0.05) is 13.8 Å². The van der Waals surface area contributed by atoms with Crippen LogP contribution in [-0.2, 0) is 25.3 Å². The third-order valence-electron chi connectivity index (χ3n) is 5.71. The minimum Gasteiger partial charge on any atom is -0.384 e. The highest BCUT2D eigenvalue weighted by atomic mass is 15.1. The average Bonchev–Trinajstić information content (AvgIpc) is 3.13. The number of hydrogen-bond donors (Lipinski definition) is 2. The van der Waals surface area contributed by atoms with Crippen LogP contribution in [-0.4, -0.2) is 21.3 Å². The molecule has 0 radical (unpaired) electrons. The fourth-order valence-electron chi connectivity index (χ4n) is 4.40. The Morgan fingerprint density at radius 3 is 2.96 bits per heavy atom. The summed E-state index contributed by atoms with van der Waals surface area (Å²) in [6.07, 6.45) is 5.49. The SMILES string of the molecule is Cn1c2c(c3cc4c(cc31)C(C)(C)CN4)CCCc1c[nH]nc1-2. The third kappa shape index (κ3) is 1.64. The minimum absolute atomic E-state index is 0.197. The van der Waals surface area contributed by atoms with E-state index in [9.17, 15) is 0 Å². The first-order chi connectivity index (χ1) is 11.1. The number of anilines is 1. The molecule has 0 bridgehead atoms. The number of aromatic amines is 1. The van der Waals surface area contributed by atoms with Crippen molar-refractivity contribution in [3.8, 4) is 11.4 Å². The van der Waals surface area contributed by atoms with Crippen molar-refractivity contribution in [1.82, 2.24) is 14.8 Å². The molecule has 0 atom stereocenters. The van der Waals surface area contributed by atoms with Crippen molar-refractivity contribution in [3.05, 3.63) is 35.0 Å². The highest BCUT2D eigenvalue weighted by Gasteiger charge is 2.32. The molecule has 3 aromatic rings. The van der Waals surface area contributed by atoms with Crippen LogP contribution in [0.15, 0.2) is 18.3 Å². The molecule has 4 heteroatoms. The van der Waals surface area contributed by atoms with Crippen molar-refractivity contribution in [2.45, 2.75) is 38.5 Å². The molecule has 2 aliphatic rings. The topological polar surface area (TPSA) is 45.6 Å². The van der Waals surface area contributed by atoms with E-state index in [4.69, 9.17) is 0 Å². The van der Waals surface area contributed by atoms with Crippen LogP contribution in [0.2, 0.25) is 0 Å². The molecule has 0 spiro atoms. The number of fused-ring (bicyclic) bond motifs is 6. The molecule has 3 heterocycles. The first-order valence-electron chi connectivity index (χ1n) is 8.49. The van der Waals surface area contributed by atoms with Crippen molar-refractivity contribution in [1.29, 1.82) is 0 Å². The monoisotopic (exact) mass is 306 g/mol. The first-order valence-corrected chi connectivity index (χ1v) is 8.49. The van der Waals surface area contributed by atoms with Gasteiger partial charge >= 0.3 is 0 Å². The Kier molecular flexibility index (Phi) is 2.41. The van der Waals surface area contributed by atoms with Gasteiger partial charge in [0, 0.05) is 41.8 Å². The molecule has 4 nitrogen and oxygen atoms in total. The standard InChI is InChI=1S/C19H22N4/c1-19(2)10-20-15-7-13-12-6-4-5-11-9-21-22-17(11)18(12)23(3)16(13)8-14(15)19/h7-9,20H,4-6,10H2,1-3H3,(H,21,22). The molecule has 2 N–H and O–H groups in total. The smallest absolute Gasteiger partial charge is 0.112 e. The quantitative estimate of drug-likeness (QED) is 0.664. The van der Waals surface area contributed by atoms with E-state index < -0.39 is 0 Å². The molecule has 118 valence electrons. The zero-order valence-electron chi connectivity index (χ0n) is 14.0. The second-order valence-corrected chi connectivity index (χ2v) is 7.65. The van der Waals surface area contributed by atoms with E-state index in [1.165, 1.54) is 45.4 Å². The molecule has 0 amide bonds. The van der Waals surface area contributed by atoms with E-state index in [2.05, 4.69) is 59.3 Å². The number of nitrogens with one attached hydrogen (secondary N) is 2. The van der Waals surface area contributed by atoms with Crippen LogP contribution in [0.3, 0.4) is 0 Å². The molecule has 1 aromatic carbocycles. The number of hydrogen-bond acceptors (Lipinski definition) is 2. The summed E-state index contributed by atoms with van der Waals surface area (Å²) < 4.78 is 2.35. The maximum Gasteiger partial charge on any atom is 0.112 e. The molecule has 0 fully saturated rings. The molecule has 0 unspecified atom stereocenters. The normalized spacial score (nSPS) is 18.2. The number of benzene rings is 1. The van der Waals surface area contributed by atoms with Gasteiger partial charge in [-0.25, -0.2) is 0 Å². The van der Waals surface area contributed by atoms with Gasteiger partial charge in [0.15, 0.2) is 0 Å². The van der Waals surface area contributed by atoms with Crippen molar-refractivity contribution in [3.63, 3.8) is 0 Å². The second-order valence-electron chi connectivity index (χ2n) is 7.65. The van der Waals surface area contributed by atoms with Crippen molar-refractivity contribution in [2.24, 2.45) is 7.05 Å². The number of nitrogens with zero attached hydrogens (tertiary/aromatic N) is 2. The summed E-state index contributed by atoms with van der Waals surface area (Å²) in [5.41, 5.74) is 9.52. The van der Waals surface area contributed by atoms with E-state index in [1.54, 1.807) is 0 Å². The van der Waals surface area contributed by atoms with Crippen LogP contribution >= 0.6 is 0 Å². The van der Waals surface area contributed by atoms with Crippen LogP contribution in [0.4, 0.5) is 5.69 Å². The van der Waals surface area contributed by atoms with Crippen LogP contribution < -0.4 is 5.32 Å². The molecule has 2 aromatic heterocycles. The summed E-state index contributed by atoms with van der Waals surface area (Å²) in [7, 11) is 2.19. The van der Waals surface area contributed by atoms with Crippen molar-refractivity contribution in [2.75, 3.05) is 11.9 Å². The molecule has 5 rings (SSSR count). The summed E-state index contributed by atoms with van der Waals surface area (Å²) in [5.74, 6) is 0. The first kappa shape index (κ1) is 13.2. The van der Waals surface area contributed by atoms with Gasteiger partial charge in [0.1, 0.15) is 5.69 Å². The van der Waals surface area contributed by atoms with Gasteiger partial charge in [-0.15, -0.1) is 0 Å². The number of H-pyrrole nitrogens is 1. The Morgan fingerprint density at radius 1 is 1.22 bits per heavy atom. The molecular weight excluding hydrogens is 284 g/mol. The van der Waals surface area contributed by atoms with Gasteiger partial charge in [-0.05, 0) is 48.1 Å². The third-order valence-corrected chi connectivity index (χ3v) is 5.71. The van der Waals surface area contributed by atoms with Crippen LogP contribution in [0.25, 0.3) is 22.3 Å². The maximum atomic E-state index is 4.56. The lowest BCUT2D eigenvalue weighted by atomic mass is 9.86. The van der Waals surface area contributed by atoms with Gasteiger partial charge in [-0.2, -0.15) is 5.10 Å². The van der Waals surface area contributed by atoms with Gasteiger partial charge in [0.05, 0.1) is 5.69 Å². The van der Waals surface area contributed by atoms with Gasteiger partial charge in [0.25, 0.3) is 0 Å².